The highest BCUT2D eigenvalue weighted by Gasteiger charge is 2.00. The van der Waals surface area contributed by atoms with Crippen molar-refractivity contribution in [3.05, 3.63) is 336 Å². The molecule has 0 amide bonds. The molecule has 0 atom stereocenters. The Bertz CT molecular complexity index is 4390. The molecule has 0 spiro atoms. The molecule has 9 aromatic heterocycles. The molecular formula is C99H138N12OS. The standard InChI is InChI=1S/C15H12.3C10H9N.C9H8N2.C5H7N3.2C5H6N2.C5H6O.C5H6S.10C2H6/c1-11-6-9-15-13(10-11)8-7-12-4-2-3-5-14(12)15;1-8-4-5-9-3-2-6-11-10(9)7-8;1-8-6-9-4-2-3-5-10(9)7-11-8;1-8-6-7-9-4-2-3-5-10(9)11-8;1-7-10-6-8-4-2-3-5-9(8)11-7;1-4-6-3-7-5(2)8-4;1-5-2-3-6-4-7-5;1-5-6-3-2-4-7-5;2*1-5-3-2-4-6-5;10*1-2/h2-10H,1H3;3*2-7H,1H3;2-6H,1H3;3H,1-2H3;2*2-4H,1H3;2*2-4H,1H3;10*1-2H3. The highest BCUT2D eigenvalue weighted by atomic mass is 32.1. The van der Waals surface area contributed by atoms with Crippen molar-refractivity contribution >= 4 is 76.4 Å². The Hall–Kier alpha value is -11.2. The highest BCUT2D eigenvalue weighted by Crippen LogP contribution is 2.26. The molecule has 16 rings (SSSR count). The average Bonchev–Trinajstić information content (AvgIpc) is 1.35. The molecule has 0 saturated carbocycles. The van der Waals surface area contributed by atoms with Crippen LogP contribution in [0.15, 0.2) is 278 Å². The molecular weight excluding hydrogens is 1410 g/mol. The van der Waals surface area contributed by atoms with Gasteiger partial charge < -0.3 is 4.42 Å². The number of nitrogens with zero attached hydrogens (tertiary/aromatic N) is 12. The molecule has 0 aliphatic rings. The van der Waals surface area contributed by atoms with Crippen LogP contribution >= 0.6 is 11.3 Å². The zero-order valence-electron chi connectivity index (χ0n) is 74.7. The van der Waals surface area contributed by atoms with Gasteiger partial charge in [0.25, 0.3) is 0 Å². The van der Waals surface area contributed by atoms with Gasteiger partial charge in [-0.3, -0.25) is 15.0 Å². The largest absolute Gasteiger partial charge is 0.470 e. The van der Waals surface area contributed by atoms with E-state index in [1.54, 1.807) is 42.3 Å². The highest BCUT2D eigenvalue weighted by molar-refractivity contribution is 7.09. The number of hydrogen-bond acceptors (Lipinski definition) is 14. The number of rotatable bonds is 0. The second-order valence-corrected chi connectivity index (χ2v) is 22.3. The number of aryl methyl sites for hydroxylation is 11. The number of pyridine rings is 3. The van der Waals surface area contributed by atoms with Gasteiger partial charge in [0.2, 0.25) is 0 Å². The summed E-state index contributed by atoms with van der Waals surface area (Å²) in [5.74, 6) is 4.16. The Morgan fingerprint density at radius 3 is 1.23 bits per heavy atom. The molecule has 0 aliphatic carbocycles. The summed E-state index contributed by atoms with van der Waals surface area (Å²) in [4.78, 5) is 49.5. The van der Waals surface area contributed by atoms with Crippen LogP contribution in [0.4, 0.5) is 0 Å². The van der Waals surface area contributed by atoms with Gasteiger partial charge in [0.15, 0.2) is 0 Å². The van der Waals surface area contributed by atoms with Gasteiger partial charge in [-0.1, -0.05) is 290 Å². The van der Waals surface area contributed by atoms with Gasteiger partial charge in [-0.25, -0.2) is 44.9 Å². The lowest BCUT2D eigenvalue weighted by Crippen LogP contribution is -1.91. The molecule has 16 aromatic rings. The van der Waals surface area contributed by atoms with E-state index in [0.29, 0.717) is 0 Å². The van der Waals surface area contributed by atoms with Crippen LogP contribution in [0.2, 0.25) is 0 Å². The number of furan rings is 1. The Morgan fingerprint density at radius 1 is 0.257 bits per heavy atom. The fourth-order valence-electron chi connectivity index (χ4n) is 8.67. The van der Waals surface area contributed by atoms with E-state index in [2.05, 4.69) is 207 Å². The van der Waals surface area contributed by atoms with E-state index in [4.69, 9.17) is 4.42 Å². The van der Waals surface area contributed by atoms with E-state index in [1.807, 2.05) is 297 Å². The van der Waals surface area contributed by atoms with Crippen LogP contribution in [0, 0.1) is 76.2 Å². The van der Waals surface area contributed by atoms with Gasteiger partial charge in [0.05, 0.1) is 22.8 Å². The Balaban J connectivity index is -0.000000575. The third-order valence-corrected chi connectivity index (χ3v) is 14.1. The van der Waals surface area contributed by atoms with Crippen LogP contribution in [-0.4, -0.2) is 59.8 Å². The number of aromatic nitrogens is 12. The van der Waals surface area contributed by atoms with Crippen LogP contribution in [0.3, 0.4) is 0 Å². The predicted octanol–water partition coefficient (Wildman–Crippen LogP) is 29.8. The van der Waals surface area contributed by atoms with Crippen LogP contribution in [0.1, 0.15) is 201 Å². The second-order valence-electron chi connectivity index (χ2n) is 21.2. The molecule has 7 aromatic carbocycles. The first-order chi connectivity index (χ1) is 55.1. The van der Waals surface area contributed by atoms with Crippen molar-refractivity contribution in [1.82, 2.24) is 59.8 Å². The minimum absolute atomic E-state index is 0.775. The molecule has 0 fully saturated rings. The van der Waals surface area contributed by atoms with Gasteiger partial charge in [0, 0.05) is 80.7 Å². The third-order valence-electron chi connectivity index (χ3n) is 13.3. The molecule has 9 heterocycles. The van der Waals surface area contributed by atoms with Gasteiger partial charge in [-0.05, 0) is 181 Å². The quantitative estimate of drug-likeness (QED) is 0.132. The number of fused-ring (bicyclic) bond motifs is 7. The maximum Gasteiger partial charge on any atom is 0.129 e. The maximum absolute atomic E-state index is 4.83. The summed E-state index contributed by atoms with van der Waals surface area (Å²) in [6.07, 6.45) is 15.5. The van der Waals surface area contributed by atoms with E-state index in [0.717, 1.165) is 68.1 Å². The third kappa shape index (κ3) is 48.9. The topological polar surface area (TPSA) is 168 Å². The fraction of sp³-hybridized carbons (Fsp3) is 0.313. The molecule has 606 valence electrons. The zero-order chi connectivity index (χ0) is 86.0. The van der Waals surface area contributed by atoms with Crippen molar-refractivity contribution in [3.8, 4) is 0 Å². The molecule has 0 unspecified atom stereocenters. The molecule has 14 heteroatoms. The van der Waals surface area contributed by atoms with Crippen molar-refractivity contribution in [1.29, 1.82) is 0 Å². The first kappa shape index (κ1) is 108. The number of benzene rings is 7. The number of para-hydroxylation sites is 2. The van der Waals surface area contributed by atoms with E-state index >= 15 is 0 Å². The van der Waals surface area contributed by atoms with Crippen molar-refractivity contribution in [2.24, 2.45) is 0 Å². The Kier molecular flexibility index (Phi) is 70.4. The van der Waals surface area contributed by atoms with Crippen molar-refractivity contribution in [2.45, 2.75) is 215 Å². The lowest BCUT2D eigenvalue weighted by atomic mass is 10.0. The molecule has 0 saturated heterocycles. The lowest BCUT2D eigenvalue weighted by molar-refractivity contribution is 0.534. The van der Waals surface area contributed by atoms with Crippen molar-refractivity contribution in [3.63, 3.8) is 0 Å². The summed E-state index contributed by atoms with van der Waals surface area (Å²) in [6, 6.07) is 72.0. The summed E-state index contributed by atoms with van der Waals surface area (Å²) in [7, 11) is 0. The predicted molar refractivity (Wildman–Crippen MR) is 499 cm³/mol. The summed E-state index contributed by atoms with van der Waals surface area (Å²) in [5, 5.41) is 13.4. The summed E-state index contributed by atoms with van der Waals surface area (Å²) in [6.45, 7) is 61.6. The van der Waals surface area contributed by atoms with Gasteiger partial charge >= 0.3 is 0 Å². The average molecular weight is 1540 g/mol. The molecule has 0 bridgehead atoms. The van der Waals surface area contributed by atoms with Gasteiger partial charge in [0.1, 0.15) is 41.7 Å². The fourth-order valence-corrected chi connectivity index (χ4v) is 9.20. The van der Waals surface area contributed by atoms with Crippen LogP contribution in [0.5, 0.6) is 0 Å². The van der Waals surface area contributed by atoms with Crippen molar-refractivity contribution < 1.29 is 4.42 Å². The summed E-state index contributed by atoms with van der Waals surface area (Å²) >= 11 is 1.78. The van der Waals surface area contributed by atoms with Gasteiger partial charge in [-0.15, -0.1) is 11.3 Å². The minimum Gasteiger partial charge on any atom is -0.470 e. The Morgan fingerprint density at radius 2 is 0.735 bits per heavy atom. The van der Waals surface area contributed by atoms with Crippen molar-refractivity contribution in [2.75, 3.05) is 0 Å². The molecule has 113 heavy (non-hydrogen) atoms. The SMILES string of the molecule is CC.CC.CC.CC.CC.CC.CC.CC.CC.CC.Cc1cc2ccccc2cn1.Cc1ccc2c(ccc3ccccc32)c1.Cc1ccc2ccccc2n1.Cc1ccc2cccnc2c1.Cc1ccco1.Cc1cccs1.Cc1ccncn1.Cc1ncc2ccccc2n1.Cc1ncccn1.Cc1ncnc(C)n1. The number of thiophene rings is 1. The van der Waals surface area contributed by atoms with E-state index < -0.39 is 0 Å². The molecule has 0 N–H and O–H groups in total. The summed E-state index contributed by atoms with van der Waals surface area (Å²) in [5.41, 5.74) is 8.90. The monoisotopic (exact) mass is 1540 g/mol. The van der Waals surface area contributed by atoms with E-state index in [1.165, 1.54) is 71.7 Å². The van der Waals surface area contributed by atoms with Crippen LogP contribution in [-0.2, 0) is 0 Å². The minimum atomic E-state index is 0.775. The maximum atomic E-state index is 4.83. The second kappa shape index (κ2) is 73.6. The Labute approximate surface area is 687 Å². The first-order valence-corrected chi connectivity index (χ1v) is 41.1. The molecule has 13 nitrogen and oxygen atoms in total. The van der Waals surface area contributed by atoms with Gasteiger partial charge in [-0.2, -0.15) is 0 Å². The van der Waals surface area contributed by atoms with Crippen LogP contribution in [0.25, 0.3) is 65.0 Å². The van der Waals surface area contributed by atoms with Crippen LogP contribution < -0.4 is 0 Å². The van der Waals surface area contributed by atoms with E-state index in [9.17, 15) is 0 Å². The molecule has 0 radical (unpaired) electrons. The first-order valence-electron chi connectivity index (χ1n) is 40.3. The zero-order valence-corrected chi connectivity index (χ0v) is 75.5. The smallest absolute Gasteiger partial charge is 0.129 e. The number of hydrogen-bond donors (Lipinski definition) is 0. The molecule has 0 aliphatic heterocycles. The lowest BCUT2D eigenvalue weighted by Gasteiger charge is -2.04. The summed E-state index contributed by atoms with van der Waals surface area (Å²) < 4.78 is 4.83. The normalized spacial score (nSPS) is 8.66. The van der Waals surface area contributed by atoms with E-state index in [-0.39, 0.29) is 0 Å².